The molecule has 0 aliphatic heterocycles. The van der Waals surface area contributed by atoms with E-state index in [4.69, 9.17) is 19.7 Å². The number of rotatable bonds is 12. The van der Waals surface area contributed by atoms with Crippen molar-refractivity contribution in [3.8, 4) is 0 Å². The van der Waals surface area contributed by atoms with Crippen LogP contribution in [0.3, 0.4) is 0 Å². The van der Waals surface area contributed by atoms with Crippen LogP contribution >= 0.6 is 0 Å². The molecule has 1 aromatic heterocycles. The van der Waals surface area contributed by atoms with Gasteiger partial charge in [-0.3, -0.25) is 0 Å². The number of nitrogens with zero attached hydrogens (tertiary/aromatic N) is 3. The van der Waals surface area contributed by atoms with Gasteiger partial charge in [0.05, 0.1) is 39.6 Å². The number of aromatic nitrogens is 3. The third-order valence-corrected chi connectivity index (χ3v) is 2.05. The number of hydrogen-bond acceptors (Lipinski definition) is 9. The van der Waals surface area contributed by atoms with Crippen LogP contribution in [0.25, 0.3) is 0 Å². The first kappa shape index (κ1) is 16.5. The molecule has 0 amide bonds. The molecular formula is C11H20N5O4. The van der Waals surface area contributed by atoms with Crippen molar-refractivity contribution in [3.05, 3.63) is 6.33 Å². The zero-order valence-electron chi connectivity index (χ0n) is 11.2. The highest BCUT2D eigenvalue weighted by Crippen LogP contribution is 2.00. The molecule has 0 saturated heterocycles. The van der Waals surface area contributed by atoms with E-state index in [1.54, 1.807) is 0 Å². The zero-order valence-corrected chi connectivity index (χ0v) is 11.2. The van der Waals surface area contributed by atoms with Crippen LogP contribution in [0.4, 0.5) is 11.9 Å². The molecule has 1 aromatic rings. The van der Waals surface area contributed by atoms with E-state index in [-0.39, 0.29) is 13.2 Å². The largest absolute Gasteiger partial charge is 0.394 e. The highest BCUT2D eigenvalue weighted by molar-refractivity contribution is 5.32. The van der Waals surface area contributed by atoms with Gasteiger partial charge in [-0.2, -0.15) is 15.0 Å². The van der Waals surface area contributed by atoms with Gasteiger partial charge in [0.1, 0.15) is 0 Å². The predicted octanol–water partition coefficient (Wildman–Crippen LogP) is -1.49. The summed E-state index contributed by atoms with van der Waals surface area (Å²) in [7, 11) is 0. The van der Waals surface area contributed by atoms with E-state index < -0.39 is 0 Å². The van der Waals surface area contributed by atoms with Crippen LogP contribution in [0.1, 0.15) is 0 Å². The second-order valence-electron chi connectivity index (χ2n) is 3.61. The Morgan fingerprint density at radius 3 is 1.80 bits per heavy atom. The molecule has 0 atom stereocenters. The number of aliphatic hydroxyl groups is 2. The fourth-order valence-corrected chi connectivity index (χ4v) is 1.23. The van der Waals surface area contributed by atoms with E-state index in [0.717, 1.165) is 0 Å². The van der Waals surface area contributed by atoms with E-state index in [1.807, 2.05) is 0 Å². The highest BCUT2D eigenvalue weighted by atomic mass is 16.5. The summed E-state index contributed by atoms with van der Waals surface area (Å²) in [4.78, 5) is 11.8. The first-order valence-corrected chi connectivity index (χ1v) is 6.34. The minimum Gasteiger partial charge on any atom is -0.394 e. The van der Waals surface area contributed by atoms with Crippen LogP contribution in [-0.4, -0.2) is 77.9 Å². The normalized spacial score (nSPS) is 10.5. The van der Waals surface area contributed by atoms with Gasteiger partial charge in [0, 0.05) is 13.1 Å². The van der Waals surface area contributed by atoms with Crippen LogP contribution in [0.2, 0.25) is 0 Å². The first-order chi connectivity index (χ1) is 9.86. The fraction of sp³-hybridized carbons (Fsp3) is 0.727. The van der Waals surface area contributed by atoms with Gasteiger partial charge in [0.25, 0.3) is 0 Å². The molecule has 4 N–H and O–H groups in total. The maximum atomic E-state index is 8.54. The maximum Gasteiger partial charge on any atom is 0.228 e. The number of nitrogens with one attached hydrogen (secondary N) is 2. The SMILES string of the molecule is OCCOCCNc1n[c]nc(NCCOCCO)n1. The monoisotopic (exact) mass is 286 g/mol. The lowest BCUT2D eigenvalue weighted by atomic mass is 10.6. The van der Waals surface area contributed by atoms with Crippen molar-refractivity contribution in [2.24, 2.45) is 0 Å². The lowest BCUT2D eigenvalue weighted by Crippen LogP contribution is -2.16. The fourth-order valence-electron chi connectivity index (χ4n) is 1.23. The van der Waals surface area contributed by atoms with Gasteiger partial charge >= 0.3 is 0 Å². The quantitative estimate of drug-likeness (QED) is 0.340. The molecule has 0 bridgehead atoms. The summed E-state index contributed by atoms with van der Waals surface area (Å²) in [6.07, 6.45) is 2.48. The van der Waals surface area contributed by atoms with Gasteiger partial charge in [-0.15, -0.1) is 0 Å². The zero-order chi connectivity index (χ0) is 14.5. The molecular weight excluding hydrogens is 266 g/mol. The predicted molar refractivity (Wildman–Crippen MR) is 71.5 cm³/mol. The first-order valence-electron chi connectivity index (χ1n) is 6.34. The number of aliphatic hydroxyl groups excluding tert-OH is 2. The van der Waals surface area contributed by atoms with Crippen molar-refractivity contribution < 1.29 is 19.7 Å². The molecule has 1 heterocycles. The van der Waals surface area contributed by atoms with E-state index in [2.05, 4.69) is 31.9 Å². The van der Waals surface area contributed by atoms with Crippen molar-refractivity contribution in [2.75, 3.05) is 63.4 Å². The summed E-state index contributed by atoms with van der Waals surface area (Å²) in [6.45, 7) is 2.58. The van der Waals surface area contributed by atoms with E-state index in [0.29, 0.717) is 51.4 Å². The van der Waals surface area contributed by atoms with Crippen LogP contribution in [0.5, 0.6) is 0 Å². The third kappa shape index (κ3) is 7.79. The van der Waals surface area contributed by atoms with Gasteiger partial charge in [-0.25, -0.2) is 0 Å². The Morgan fingerprint density at radius 2 is 1.35 bits per heavy atom. The Morgan fingerprint density at radius 1 is 0.850 bits per heavy atom. The van der Waals surface area contributed by atoms with Gasteiger partial charge < -0.3 is 30.3 Å². The average molecular weight is 286 g/mol. The summed E-state index contributed by atoms with van der Waals surface area (Å²) in [5.74, 6) is 0.790. The van der Waals surface area contributed by atoms with Gasteiger partial charge in [-0.05, 0) is 0 Å². The molecule has 0 aromatic carbocycles. The highest BCUT2D eigenvalue weighted by Gasteiger charge is 2.00. The Kier molecular flexibility index (Phi) is 9.32. The Labute approximate surface area is 117 Å². The van der Waals surface area contributed by atoms with Gasteiger partial charge in [0.15, 0.2) is 0 Å². The smallest absolute Gasteiger partial charge is 0.228 e. The number of anilines is 2. The molecule has 20 heavy (non-hydrogen) atoms. The number of hydrogen-bond donors (Lipinski definition) is 4. The lowest BCUT2D eigenvalue weighted by molar-refractivity contribution is 0.0990. The maximum absolute atomic E-state index is 8.54. The van der Waals surface area contributed by atoms with Crippen LogP contribution < -0.4 is 10.6 Å². The molecule has 1 radical (unpaired) electrons. The summed E-state index contributed by atoms with van der Waals surface area (Å²) >= 11 is 0. The summed E-state index contributed by atoms with van der Waals surface area (Å²) in [5, 5.41) is 23.0. The Balaban J connectivity index is 2.19. The molecule has 9 nitrogen and oxygen atoms in total. The van der Waals surface area contributed by atoms with Crippen molar-refractivity contribution in [1.29, 1.82) is 0 Å². The van der Waals surface area contributed by atoms with Crippen LogP contribution in [0.15, 0.2) is 0 Å². The Bertz CT molecular complexity index is 326. The van der Waals surface area contributed by atoms with Gasteiger partial charge in [-0.1, -0.05) is 0 Å². The second kappa shape index (κ2) is 11.3. The molecule has 0 fully saturated rings. The molecule has 0 unspecified atom stereocenters. The van der Waals surface area contributed by atoms with Crippen molar-refractivity contribution in [3.63, 3.8) is 0 Å². The van der Waals surface area contributed by atoms with Crippen molar-refractivity contribution >= 4 is 11.9 Å². The molecule has 0 aliphatic carbocycles. The van der Waals surface area contributed by atoms with Gasteiger partial charge in [0.2, 0.25) is 18.2 Å². The average Bonchev–Trinajstić information content (AvgIpc) is 2.47. The standard InChI is InChI=1S/C11H20N5O4/c17-3-7-19-5-1-12-10-14-9-15-11(16-10)13-2-6-20-8-4-18/h17-18H,1-8H2,(H2,12,13,14,15,16). The molecule has 9 heteroatoms. The Hall–Kier alpha value is -1.55. The van der Waals surface area contributed by atoms with E-state index in [9.17, 15) is 0 Å². The molecule has 0 spiro atoms. The topological polar surface area (TPSA) is 122 Å². The van der Waals surface area contributed by atoms with Crippen LogP contribution in [-0.2, 0) is 9.47 Å². The van der Waals surface area contributed by atoms with E-state index >= 15 is 0 Å². The molecule has 0 aliphatic rings. The minimum atomic E-state index is 0.00591. The summed E-state index contributed by atoms with van der Waals surface area (Å²) < 4.78 is 10.2. The molecule has 0 saturated carbocycles. The van der Waals surface area contributed by atoms with Crippen molar-refractivity contribution in [1.82, 2.24) is 15.0 Å². The van der Waals surface area contributed by atoms with Crippen molar-refractivity contribution in [2.45, 2.75) is 0 Å². The second-order valence-corrected chi connectivity index (χ2v) is 3.61. The molecule has 1 rings (SSSR count). The lowest BCUT2D eigenvalue weighted by Gasteiger charge is -2.07. The molecule has 113 valence electrons. The summed E-state index contributed by atoms with van der Waals surface area (Å²) in [6, 6.07) is 0. The minimum absolute atomic E-state index is 0.00591. The number of ether oxygens (including phenoxy) is 2. The summed E-state index contributed by atoms with van der Waals surface area (Å²) in [5.41, 5.74) is 0. The van der Waals surface area contributed by atoms with Crippen LogP contribution in [0, 0.1) is 6.33 Å². The third-order valence-electron chi connectivity index (χ3n) is 2.05. The van der Waals surface area contributed by atoms with E-state index in [1.165, 1.54) is 0 Å².